The second-order valence-corrected chi connectivity index (χ2v) is 9.88. The number of unbranched alkanes of at least 4 members (excludes halogenated alkanes) is 3. The van der Waals surface area contributed by atoms with Crippen molar-refractivity contribution in [2.45, 2.75) is 85.5 Å². The number of nitrogens with two attached hydrogens (primary N) is 1. The molecule has 1 amide bonds. The number of benzene rings is 1. The third-order valence-corrected chi connectivity index (χ3v) is 5.64. The zero-order valence-electron chi connectivity index (χ0n) is 22.4. The summed E-state index contributed by atoms with van der Waals surface area (Å²) in [6.45, 7) is 12.8. The van der Waals surface area contributed by atoms with Crippen molar-refractivity contribution in [3.05, 3.63) is 24.0 Å². The van der Waals surface area contributed by atoms with E-state index in [-0.39, 0.29) is 6.09 Å². The van der Waals surface area contributed by atoms with Crippen molar-refractivity contribution < 1.29 is 19.0 Å². The number of nitrogen functional groups attached to an aromatic ring is 1. The fourth-order valence-corrected chi connectivity index (χ4v) is 4.07. The monoisotopic (exact) mass is 499 g/mol. The molecule has 0 saturated heterocycles. The highest BCUT2D eigenvalue weighted by molar-refractivity contribution is 6.07. The van der Waals surface area contributed by atoms with E-state index < -0.39 is 5.60 Å². The summed E-state index contributed by atoms with van der Waals surface area (Å²) in [6.07, 6.45) is 4.49. The third kappa shape index (κ3) is 7.46. The lowest BCUT2D eigenvalue weighted by Crippen LogP contribution is -2.32. The Morgan fingerprint density at radius 3 is 2.61 bits per heavy atom. The SMILES string of the molecule is CCCn1c(COCC)nc2c(N)nc3ccc(OCCCCCCNC(=O)OC(C)(C)C)cc3c21. The van der Waals surface area contributed by atoms with Crippen LogP contribution in [0.5, 0.6) is 5.75 Å². The van der Waals surface area contributed by atoms with Crippen LogP contribution in [0.2, 0.25) is 0 Å². The molecule has 0 radical (unpaired) electrons. The molecule has 2 heterocycles. The minimum absolute atomic E-state index is 0.363. The van der Waals surface area contributed by atoms with Gasteiger partial charge in [-0.2, -0.15) is 0 Å². The number of nitrogens with zero attached hydrogens (tertiary/aromatic N) is 3. The summed E-state index contributed by atoms with van der Waals surface area (Å²) in [4.78, 5) is 21.0. The third-order valence-electron chi connectivity index (χ3n) is 5.64. The Hall–Kier alpha value is -3.07. The van der Waals surface area contributed by atoms with Gasteiger partial charge in [0, 0.05) is 25.1 Å². The largest absolute Gasteiger partial charge is 0.494 e. The molecule has 36 heavy (non-hydrogen) atoms. The smallest absolute Gasteiger partial charge is 0.407 e. The van der Waals surface area contributed by atoms with Crippen LogP contribution in [0.3, 0.4) is 0 Å². The number of hydrogen-bond donors (Lipinski definition) is 2. The minimum atomic E-state index is -0.472. The zero-order valence-corrected chi connectivity index (χ0v) is 22.4. The minimum Gasteiger partial charge on any atom is -0.494 e. The van der Waals surface area contributed by atoms with E-state index in [0.29, 0.717) is 37.7 Å². The van der Waals surface area contributed by atoms with E-state index >= 15 is 0 Å². The number of pyridine rings is 1. The van der Waals surface area contributed by atoms with E-state index in [2.05, 4.69) is 21.8 Å². The Morgan fingerprint density at radius 2 is 1.89 bits per heavy atom. The zero-order chi connectivity index (χ0) is 26.1. The lowest BCUT2D eigenvalue weighted by atomic mass is 10.1. The Labute approximate surface area is 213 Å². The predicted octanol–water partition coefficient (Wildman–Crippen LogP) is 5.58. The molecule has 1 aromatic carbocycles. The molecule has 0 aliphatic rings. The van der Waals surface area contributed by atoms with Gasteiger partial charge in [0.1, 0.15) is 29.3 Å². The number of aryl methyl sites for hydroxylation is 1. The van der Waals surface area contributed by atoms with Gasteiger partial charge in [0.2, 0.25) is 0 Å². The van der Waals surface area contributed by atoms with Gasteiger partial charge >= 0.3 is 6.09 Å². The Kier molecular flexibility index (Phi) is 9.75. The fraction of sp³-hybridized carbons (Fsp3) is 0.593. The molecular formula is C27H41N5O4. The maximum atomic E-state index is 11.7. The molecule has 3 rings (SSSR count). The number of nitrogens with one attached hydrogen (secondary N) is 1. The second kappa shape index (κ2) is 12.8. The first-order chi connectivity index (χ1) is 17.2. The summed E-state index contributed by atoms with van der Waals surface area (Å²) in [5, 5.41) is 3.78. The van der Waals surface area contributed by atoms with Gasteiger partial charge in [0.05, 0.1) is 17.6 Å². The first-order valence-electron chi connectivity index (χ1n) is 13.0. The van der Waals surface area contributed by atoms with E-state index in [9.17, 15) is 4.79 Å². The van der Waals surface area contributed by atoms with Gasteiger partial charge in [-0.15, -0.1) is 0 Å². The number of amides is 1. The number of ether oxygens (including phenoxy) is 3. The molecule has 9 heteroatoms. The average Bonchev–Trinajstić information content (AvgIpc) is 3.18. The van der Waals surface area contributed by atoms with Gasteiger partial charge < -0.3 is 29.8 Å². The predicted molar refractivity (Wildman–Crippen MR) is 143 cm³/mol. The first kappa shape index (κ1) is 27.5. The van der Waals surface area contributed by atoms with Gasteiger partial charge in [0.25, 0.3) is 0 Å². The summed E-state index contributed by atoms with van der Waals surface area (Å²) >= 11 is 0. The second-order valence-electron chi connectivity index (χ2n) is 9.88. The van der Waals surface area contributed by atoms with Gasteiger partial charge in [-0.25, -0.2) is 14.8 Å². The number of fused-ring (bicyclic) bond motifs is 3. The van der Waals surface area contributed by atoms with E-state index in [4.69, 9.17) is 24.9 Å². The Bertz CT molecular complexity index is 1150. The van der Waals surface area contributed by atoms with E-state index in [0.717, 1.165) is 66.6 Å². The first-order valence-corrected chi connectivity index (χ1v) is 13.0. The molecule has 0 unspecified atom stereocenters. The highest BCUT2D eigenvalue weighted by Crippen LogP contribution is 2.31. The van der Waals surface area contributed by atoms with Gasteiger partial charge in [-0.05, 0) is 65.2 Å². The molecule has 0 saturated carbocycles. The number of aromatic nitrogens is 3. The molecule has 198 valence electrons. The van der Waals surface area contributed by atoms with Crippen LogP contribution < -0.4 is 15.8 Å². The summed E-state index contributed by atoms with van der Waals surface area (Å²) in [5.74, 6) is 2.10. The number of anilines is 1. The normalized spacial score (nSPS) is 11.8. The lowest BCUT2D eigenvalue weighted by Gasteiger charge is -2.19. The number of carbonyl (C=O) groups excluding carboxylic acids is 1. The van der Waals surface area contributed by atoms with Gasteiger partial charge in [-0.3, -0.25) is 0 Å². The molecule has 3 N–H and O–H groups in total. The van der Waals surface area contributed by atoms with Crippen LogP contribution in [0.4, 0.5) is 10.6 Å². The number of imidazole rings is 1. The maximum Gasteiger partial charge on any atom is 0.407 e. The number of rotatable bonds is 13. The summed E-state index contributed by atoms with van der Waals surface area (Å²) in [7, 11) is 0. The van der Waals surface area contributed by atoms with E-state index in [1.807, 2.05) is 45.9 Å². The molecule has 0 fully saturated rings. The summed E-state index contributed by atoms with van der Waals surface area (Å²) in [5.41, 5.74) is 8.32. The molecule has 2 aromatic heterocycles. The quantitative estimate of drug-likeness (QED) is 0.295. The molecule has 9 nitrogen and oxygen atoms in total. The van der Waals surface area contributed by atoms with Crippen LogP contribution in [-0.4, -0.2) is 46.0 Å². The van der Waals surface area contributed by atoms with Crippen LogP contribution in [0.25, 0.3) is 21.9 Å². The summed E-state index contributed by atoms with van der Waals surface area (Å²) in [6, 6.07) is 5.93. The summed E-state index contributed by atoms with van der Waals surface area (Å²) < 4.78 is 19.1. The Morgan fingerprint density at radius 1 is 1.11 bits per heavy atom. The van der Waals surface area contributed by atoms with Crippen molar-refractivity contribution in [2.24, 2.45) is 0 Å². The topological polar surface area (TPSA) is 114 Å². The highest BCUT2D eigenvalue weighted by atomic mass is 16.6. The van der Waals surface area contributed by atoms with Crippen molar-refractivity contribution in [2.75, 3.05) is 25.5 Å². The molecular weight excluding hydrogens is 458 g/mol. The molecule has 3 aromatic rings. The van der Waals surface area contributed by atoms with Crippen LogP contribution in [0.15, 0.2) is 18.2 Å². The Balaban J connectivity index is 1.58. The molecule has 0 aliphatic carbocycles. The molecule has 0 spiro atoms. The molecule has 0 bridgehead atoms. The van der Waals surface area contributed by atoms with Crippen molar-refractivity contribution in [1.82, 2.24) is 19.9 Å². The van der Waals surface area contributed by atoms with Gasteiger partial charge in [0.15, 0.2) is 5.82 Å². The van der Waals surface area contributed by atoms with Crippen molar-refractivity contribution in [3.63, 3.8) is 0 Å². The highest BCUT2D eigenvalue weighted by Gasteiger charge is 2.18. The number of carbonyl (C=O) groups is 1. The van der Waals surface area contributed by atoms with Crippen molar-refractivity contribution in [1.29, 1.82) is 0 Å². The molecule has 0 aliphatic heterocycles. The van der Waals surface area contributed by atoms with Crippen LogP contribution >= 0.6 is 0 Å². The fourth-order valence-electron chi connectivity index (χ4n) is 4.07. The average molecular weight is 500 g/mol. The number of alkyl carbamates (subject to hydrolysis) is 1. The standard InChI is InChI=1S/C27H41N5O4/c1-6-15-32-22(18-34-7-2)31-23-24(32)20-17-19(12-13-21(20)30-25(23)28)35-16-11-9-8-10-14-29-26(33)36-27(3,4)5/h12-13,17H,6-11,14-16,18H2,1-5H3,(H2,28,30)(H,29,33). The van der Waals surface area contributed by atoms with E-state index in [1.54, 1.807) is 0 Å². The van der Waals surface area contributed by atoms with Crippen molar-refractivity contribution in [3.8, 4) is 5.75 Å². The number of hydrogen-bond acceptors (Lipinski definition) is 7. The van der Waals surface area contributed by atoms with Crippen molar-refractivity contribution >= 4 is 33.8 Å². The van der Waals surface area contributed by atoms with E-state index in [1.165, 1.54) is 0 Å². The van der Waals surface area contributed by atoms with Crippen LogP contribution in [0.1, 0.15) is 72.5 Å². The van der Waals surface area contributed by atoms with Crippen LogP contribution in [-0.2, 0) is 22.6 Å². The van der Waals surface area contributed by atoms with Crippen LogP contribution in [0, 0.1) is 0 Å². The molecule has 0 atom stereocenters. The maximum absolute atomic E-state index is 11.7. The van der Waals surface area contributed by atoms with Gasteiger partial charge in [-0.1, -0.05) is 19.8 Å². The lowest BCUT2D eigenvalue weighted by molar-refractivity contribution is 0.0527.